The summed E-state index contributed by atoms with van der Waals surface area (Å²) in [5, 5.41) is 3.29. The number of ketones is 1. The van der Waals surface area contributed by atoms with E-state index in [1.165, 1.54) is 6.42 Å². The minimum Gasteiger partial charge on any atom is -0.374 e. The molecule has 0 amide bonds. The van der Waals surface area contributed by atoms with Crippen molar-refractivity contribution in [1.82, 2.24) is 5.32 Å². The maximum atomic E-state index is 11.2. The van der Waals surface area contributed by atoms with Crippen molar-refractivity contribution < 1.29 is 9.53 Å². The van der Waals surface area contributed by atoms with Crippen LogP contribution in [0.3, 0.4) is 0 Å². The van der Waals surface area contributed by atoms with E-state index in [-0.39, 0.29) is 12.4 Å². The molecular weight excluding hydrogens is 154 g/mol. The molecule has 1 N–H and O–H groups in total. The molecule has 1 aliphatic rings. The van der Waals surface area contributed by atoms with Crippen LogP contribution >= 0.6 is 0 Å². The van der Waals surface area contributed by atoms with Crippen LogP contribution < -0.4 is 5.32 Å². The second-order valence-corrected chi connectivity index (χ2v) is 3.17. The van der Waals surface area contributed by atoms with Crippen LogP contribution in [-0.4, -0.2) is 31.6 Å². The summed E-state index contributed by atoms with van der Waals surface area (Å²) in [6.07, 6.45) is 2.98. The third-order valence-electron chi connectivity index (χ3n) is 2.10. The monoisotopic (exact) mass is 171 g/mol. The molecule has 0 radical (unpaired) electrons. The predicted octanol–water partition coefficient (Wildman–Crippen LogP) is 0.734. The average Bonchev–Trinajstić information content (AvgIpc) is 2.53. The Bertz CT molecular complexity index is 141. The van der Waals surface area contributed by atoms with E-state index in [9.17, 15) is 4.79 Å². The lowest BCUT2D eigenvalue weighted by atomic mass is 10.1. The van der Waals surface area contributed by atoms with Crippen LogP contribution in [0, 0.1) is 0 Å². The first-order valence-electron chi connectivity index (χ1n) is 4.65. The topological polar surface area (TPSA) is 38.3 Å². The first kappa shape index (κ1) is 9.68. The van der Waals surface area contributed by atoms with Crippen LogP contribution in [0.2, 0.25) is 0 Å². The number of hydrogen-bond acceptors (Lipinski definition) is 3. The van der Waals surface area contributed by atoms with Crippen LogP contribution in [0.15, 0.2) is 0 Å². The number of nitrogens with one attached hydrogen (secondary N) is 1. The molecule has 0 spiro atoms. The second kappa shape index (κ2) is 5.27. The number of rotatable bonds is 5. The van der Waals surface area contributed by atoms with E-state index in [1.54, 1.807) is 0 Å². The molecule has 0 aromatic heterocycles. The zero-order valence-electron chi connectivity index (χ0n) is 7.64. The van der Waals surface area contributed by atoms with Gasteiger partial charge in [0.15, 0.2) is 5.78 Å². The van der Waals surface area contributed by atoms with Gasteiger partial charge in [-0.3, -0.25) is 4.79 Å². The summed E-state index contributed by atoms with van der Waals surface area (Å²) >= 11 is 0. The van der Waals surface area contributed by atoms with Gasteiger partial charge >= 0.3 is 0 Å². The van der Waals surface area contributed by atoms with Gasteiger partial charge < -0.3 is 10.1 Å². The van der Waals surface area contributed by atoms with Crippen molar-refractivity contribution in [3.8, 4) is 0 Å². The van der Waals surface area contributed by atoms with Gasteiger partial charge in [0, 0.05) is 19.1 Å². The van der Waals surface area contributed by atoms with Gasteiger partial charge in [-0.25, -0.2) is 0 Å². The molecule has 1 rings (SSSR count). The Morgan fingerprint density at radius 3 is 3.08 bits per heavy atom. The smallest absolute Gasteiger partial charge is 0.160 e. The molecule has 0 aromatic rings. The quantitative estimate of drug-likeness (QED) is 0.663. The van der Waals surface area contributed by atoms with Crippen molar-refractivity contribution in [3.05, 3.63) is 0 Å². The summed E-state index contributed by atoms with van der Waals surface area (Å²) in [5.41, 5.74) is 0. The number of ether oxygens (including phenoxy) is 1. The van der Waals surface area contributed by atoms with E-state index in [4.69, 9.17) is 4.74 Å². The summed E-state index contributed by atoms with van der Waals surface area (Å²) < 4.78 is 5.03. The van der Waals surface area contributed by atoms with Gasteiger partial charge in [-0.05, 0) is 26.3 Å². The van der Waals surface area contributed by atoms with Gasteiger partial charge in [0.1, 0.15) is 6.61 Å². The van der Waals surface area contributed by atoms with Crippen molar-refractivity contribution in [2.45, 2.75) is 32.2 Å². The molecule has 1 aliphatic heterocycles. The second-order valence-electron chi connectivity index (χ2n) is 3.17. The first-order chi connectivity index (χ1) is 5.83. The van der Waals surface area contributed by atoms with E-state index in [1.807, 2.05) is 6.92 Å². The molecule has 0 bridgehead atoms. The van der Waals surface area contributed by atoms with Crippen LogP contribution in [0.4, 0.5) is 0 Å². The Labute approximate surface area is 73.5 Å². The Morgan fingerprint density at radius 1 is 1.67 bits per heavy atom. The maximum absolute atomic E-state index is 11.2. The van der Waals surface area contributed by atoms with E-state index in [0.29, 0.717) is 19.1 Å². The Morgan fingerprint density at radius 2 is 2.50 bits per heavy atom. The van der Waals surface area contributed by atoms with E-state index in [0.717, 1.165) is 13.0 Å². The maximum Gasteiger partial charge on any atom is 0.160 e. The van der Waals surface area contributed by atoms with Gasteiger partial charge in [-0.1, -0.05) is 0 Å². The van der Waals surface area contributed by atoms with E-state index in [2.05, 4.69) is 5.32 Å². The SMILES string of the molecule is CCOCC(=O)CC1CCCN1. The molecule has 0 aromatic carbocycles. The third-order valence-corrected chi connectivity index (χ3v) is 2.10. The Hall–Kier alpha value is -0.410. The number of Topliss-reactive ketones (excluding diaryl/α,β-unsaturated/α-hetero) is 1. The Balaban J connectivity index is 2.08. The largest absolute Gasteiger partial charge is 0.374 e. The molecule has 12 heavy (non-hydrogen) atoms. The van der Waals surface area contributed by atoms with Crippen molar-refractivity contribution in [3.63, 3.8) is 0 Å². The highest BCUT2D eigenvalue weighted by Gasteiger charge is 2.17. The fourth-order valence-electron chi connectivity index (χ4n) is 1.48. The highest BCUT2D eigenvalue weighted by Crippen LogP contribution is 2.08. The molecule has 1 unspecified atom stereocenters. The fraction of sp³-hybridized carbons (Fsp3) is 0.889. The first-order valence-corrected chi connectivity index (χ1v) is 4.65. The van der Waals surface area contributed by atoms with Crippen LogP contribution in [-0.2, 0) is 9.53 Å². The highest BCUT2D eigenvalue weighted by atomic mass is 16.5. The summed E-state index contributed by atoms with van der Waals surface area (Å²) in [6.45, 7) is 3.88. The van der Waals surface area contributed by atoms with Crippen LogP contribution in [0.5, 0.6) is 0 Å². The zero-order chi connectivity index (χ0) is 8.81. The average molecular weight is 171 g/mol. The molecule has 1 fully saturated rings. The summed E-state index contributed by atoms with van der Waals surface area (Å²) in [5.74, 6) is 0.219. The van der Waals surface area contributed by atoms with E-state index >= 15 is 0 Å². The standard InChI is InChI=1S/C9H17NO2/c1-2-12-7-9(11)6-8-4-3-5-10-8/h8,10H,2-7H2,1H3. The lowest BCUT2D eigenvalue weighted by Gasteiger charge is -2.08. The van der Waals surface area contributed by atoms with Gasteiger partial charge in [0.2, 0.25) is 0 Å². The molecule has 1 heterocycles. The van der Waals surface area contributed by atoms with E-state index < -0.39 is 0 Å². The van der Waals surface area contributed by atoms with Crippen molar-refractivity contribution in [2.75, 3.05) is 19.8 Å². The van der Waals surface area contributed by atoms with Gasteiger partial charge in [0.25, 0.3) is 0 Å². The van der Waals surface area contributed by atoms with Crippen molar-refractivity contribution in [1.29, 1.82) is 0 Å². The zero-order valence-corrected chi connectivity index (χ0v) is 7.64. The lowest BCUT2D eigenvalue weighted by Crippen LogP contribution is -2.26. The summed E-state index contributed by atoms with van der Waals surface area (Å²) in [4.78, 5) is 11.2. The number of carbonyl (C=O) groups excluding carboxylic acids is 1. The Kier molecular flexibility index (Phi) is 4.25. The van der Waals surface area contributed by atoms with Gasteiger partial charge in [-0.15, -0.1) is 0 Å². The minimum absolute atomic E-state index is 0.219. The predicted molar refractivity (Wildman–Crippen MR) is 47.1 cm³/mol. The minimum atomic E-state index is 0.219. The lowest BCUT2D eigenvalue weighted by molar-refractivity contribution is -0.123. The van der Waals surface area contributed by atoms with Crippen molar-refractivity contribution in [2.24, 2.45) is 0 Å². The molecule has 0 aliphatic carbocycles. The number of carbonyl (C=O) groups is 1. The van der Waals surface area contributed by atoms with Gasteiger partial charge in [-0.2, -0.15) is 0 Å². The molecular formula is C9H17NO2. The fourth-order valence-corrected chi connectivity index (χ4v) is 1.48. The molecule has 1 saturated heterocycles. The van der Waals surface area contributed by atoms with Crippen molar-refractivity contribution >= 4 is 5.78 Å². The van der Waals surface area contributed by atoms with Gasteiger partial charge in [0.05, 0.1) is 0 Å². The third kappa shape index (κ3) is 3.32. The highest BCUT2D eigenvalue weighted by molar-refractivity contribution is 5.80. The molecule has 3 nitrogen and oxygen atoms in total. The summed E-state index contributed by atoms with van der Waals surface area (Å²) in [7, 11) is 0. The molecule has 3 heteroatoms. The van der Waals surface area contributed by atoms with Crippen LogP contribution in [0.25, 0.3) is 0 Å². The molecule has 70 valence electrons. The molecule has 0 saturated carbocycles. The van der Waals surface area contributed by atoms with Crippen LogP contribution in [0.1, 0.15) is 26.2 Å². The number of hydrogen-bond donors (Lipinski definition) is 1. The summed E-state index contributed by atoms with van der Waals surface area (Å²) in [6, 6.07) is 0.415. The normalized spacial score (nSPS) is 22.9. The molecule has 1 atom stereocenters.